The van der Waals surface area contributed by atoms with Crippen molar-refractivity contribution in [1.82, 2.24) is 9.47 Å². The summed E-state index contributed by atoms with van der Waals surface area (Å²) < 4.78 is 2.38. The summed E-state index contributed by atoms with van der Waals surface area (Å²) >= 11 is 0. The molecule has 4 rings (SSSR count). The predicted molar refractivity (Wildman–Crippen MR) is 79.8 cm³/mol. The first-order valence-corrected chi connectivity index (χ1v) is 6.76. The molecule has 0 fully saturated rings. The Morgan fingerprint density at radius 1 is 1.00 bits per heavy atom. The van der Waals surface area contributed by atoms with Crippen molar-refractivity contribution in [2.45, 2.75) is 6.54 Å². The second-order valence-corrected chi connectivity index (χ2v) is 5.17. The summed E-state index contributed by atoms with van der Waals surface area (Å²) in [7, 11) is 0. The summed E-state index contributed by atoms with van der Waals surface area (Å²) in [6, 6.07) is 10.9. The molecule has 0 saturated heterocycles. The van der Waals surface area contributed by atoms with Gasteiger partial charge in [0.1, 0.15) is 0 Å². The molecule has 0 atom stereocenters. The van der Waals surface area contributed by atoms with Crippen molar-refractivity contribution in [2.24, 2.45) is 0 Å². The Balaban J connectivity index is 1.95. The van der Waals surface area contributed by atoms with Gasteiger partial charge in [0, 0.05) is 36.2 Å². The molecule has 2 bridgehead atoms. The van der Waals surface area contributed by atoms with Crippen LogP contribution in [0.15, 0.2) is 60.3 Å². The van der Waals surface area contributed by atoms with E-state index in [1.54, 1.807) is 0 Å². The summed E-state index contributed by atoms with van der Waals surface area (Å²) in [6.45, 7) is 2.96. The Morgan fingerprint density at radius 3 is 2.95 bits per heavy atom. The lowest BCUT2D eigenvalue weighted by Gasteiger charge is -2.22. The second kappa shape index (κ2) is 4.16. The van der Waals surface area contributed by atoms with Gasteiger partial charge in [-0.1, -0.05) is 30.4 Å². The van der Waals surface area contributed by atoms with Gasteiger partial charge >= 0.3 is 0 Å². The van der Waals surface area contributed by atoms with E-state index in [4.69, 9.17) is 0 Å². The summed E-state index contributed by atoms with van der Waals surface area (Å²) in [4.78, 5) is 2.35. The highest BCUT2D eigenvalue weighted by atomic mass is 15.1. The van der Waals surface area contributed by atoms with Crippen LogP contribution in [-0.2, 0) is 6.54 Å². The van der Waals surface area contributed by atoms with E-state index in [1.807, 2.05) is 0 Å². The molecule has 2 nitrogen and oxygen atoms in total. The quantitative estimate of drug-likeness (QED) is 0.693. The van der Waals surface area contributed by atoms with Gasteiger partial charge in [-0.25, -0.2) is 0 Å². The first-order valence-electron chi connectivity index (χ1n) is 6.76. The summed E-state index contributed by atoms with van der Waals surface area (Å²) in [6.07, 6.45) is 11.3. The molecule has 3 heterocycles. The summed E-state index contributed by atoms with van der Waals surface area (Å²) in [5, 5.41) is 1.32. The van der Waals surface area contributed by atoms with Crippen molar-refractivity contribution in [3.63, 3.8) is 0 Å². The Hall–Kier alpha value is -2.22. The van der Waals surface area contributed by atoms with Crippen LogP contribution in [0.3, 0.4) is 0 Å². The van der Waals surface area contributed by atoms with Crippen LogP contribution >= 0.6 is 0 Å². The third-order valence-electron chi connectivity index (χ3n) is 3.84. The molecule has 2 heteroatoms. The second-order valence-electron chi connectivity index (χ2n) is 5.17. The molecule has 94 valence electrons. The van der Waals surface area contributed by atoms with Crippen molar-refractivity contribution < 1.29 is 0 Å². The van der Waals surface area contributed by atoms with Crippen LogP contribution in [0, 0.1) is 0 Å². The van der Waals surface area contributed by atoms with Gasteiger partial charge in [0.2, 0.25) is 0 Å². The minimum Gasteiger partial charge on any atom is -0.370 e. The highest BCUT2D eigenvalue weighted by molar-refractivity contribution is 5.84. The maximum atomic E-state index is 2.38. The van der Waals surface area contributed by atoms with Crippen molar-refractivity contribution in [3.05, 3.63) is 66.0 Å². The number of para-hydroxylation sites is 1. The molecule has 0 radical (unpaired) electrons. The average molecular weight is 248 g/mol. The van der Waals surface area contributed by atoms with Crippen molar-refractivity contribution in [1.29, 1.82) is 0 Å². The van der Waals surface area contributed by atoms with Crippen LogP contribution in [-0.4, -0.2) is 22.6 Å². The van der Waals surface area contributed by atoms with Crippen molar-refractivity contribution in [2.75, 3.05) is 13.1 Å². The third kappa shape index (κ3) is 1.80. The molecule has 1 aromatic heterocycles. The average Bonchev–Trinajstić information content (AvgIpc) is 2.78. The number of aromatic nitrogens is 1. The van der Waals surface area contributed by atoms with Crippen LogP contribution in [0.1, 0.15) is 5.69 Å². The predicted octanol–water partition coefficient (Wildman–Crippen LogP) is 3.42. The number of hydrogen-bond acceptors (Lipinski definition) is 1. The van der Waals surface area contributed by atoms with Crippen LogP contribution in [0.4, 0.5) is 0 Å². The SMILES string of the molecule is C1=CC2=Cc3cc4ccccc4n3CC=CN(C1)C2. The molecule has 0 amide bonds. The molecule has 0 unspecified atom stereocenters. The highest BCUT2D eigenvalue weighted by Crippen LogP contribution is 2.24. The van der Waals surface area contributed by atoms with Gasteiger partial charge in [0.25, 0.3) is 0 Å². The molecule has 2 aromatic rings. The number of rotatable bonds is 0. The molecular formula is C17H16N2. The Morgan fingerprint density at radius 2 is 1.95 bits per heavy atom. The third-order valence-corrected chi connectivity index (χ3v) is 3.84. The highest BCUT2D eigenvalue weighted by Gasteiger charge is 2.11. The fraction of sp³-hybridized carbons (Fsp3) is 0.176. The van der Waals surface area contributed by atoms with E-state index in [9.17, 15) is 0 Å². The number of allylic oxidation sites excluding steroid dienone is 1. The van der Waals surface area contributed by atoms with E-state index >= 15 is 0 Å². The zero-order chi connectivity index (χ0) is 12.7. The number of nitrogens with zero attached hydrogens (tertiary/aromatic N) is 2. The molecule has 0 aliphatic carbocycles. The van der Waals surface area contributed by atoms with E-state index in [1.165, 1.54) is 22.2 Å². The number of hydrogen-bond donors (Lipinski definition) is 0. The Kier molecular flexibility index (Phi) is 2.34. The largest absolute Gasteiger partial charge is 0.370 e. The smallest absolute Gasteiger partial charge is 0.0488 e. The van der Waals surface area contributed by atoms with E-state index in [0.717, 1.165) is 19.6 Å². The van der Waals surface area contributed by atoms with E-state index < -0.39 is 0 Å². The standard InChI is InChI=1S/C17H16N2/c1-2-7-17-15(6-1)12-16-11-14-5-3-8-18(13-14)9-4-10-19(16)17/h1-7,9,11-12H,8,10,13H2. The first-order chi connectivity index (χ1) is 9.40. The zero-order valence-electron chi connectivity index (χ0n) is 10.8. The van der Waals surface area contributed by atoms with Gasteiger partial charge in [-0.05, 0) is 36.1 Å². The molecule has 2 aliphatic heterocycles. The van der Waals surface area contributed by atoms with Gasteiger partial charge in [0.15, 0.2) is 0 Å². The Bertz CT molecular complexity index is 716. The number of benzene rings is 1. The molecule has 0 saturated carbocycles. The lowest BCUT2D eigenvalue weighted by Crippen LogP contribution is -2.22. The minimum atomic E-state index is 0.934. The van der Waals surface area contributed by atoms with Crippen molar-refractivity contribution in [3.8, 4) is 0 Å². The molecule has 2 aliphatic rings. The van der Waals surface area contributed by atoms with E-state index in [0.29, 0.717) is 0 Å². The van der Waals surface area contributed by atoms with Gasteiger partial charge in [-0.15, -0.1) is 0 Å². The molecule has 0 N–H and O–H groups in total. The molecule has 1 aromatic carbocycles. The van der Waals surface area contributed by atoms with E-state index in [-0.39, 0.29) is 0 Å². The zero-order valence-corrected chi connectivity index (χ0v) is 10.8. The van der Waals surface area contributed by atoms with Crippen LogP contribution < -0.4 is 0 Å². The normalized spacial score (nSPS) is 17.7. The fourth-order valence-electron chi connectivity index (χ4n) is 2.95. The maximum Gasteiger partial charge on any atom is 0.0488 e. The first kappa shape index (κ1) is 10.7. The summed E-state index contributed by atoms with van der Waals surface area (Å²) in [5.74, 6) is 0. The van der Waals surface area contributed by atoms with Crippen LogP contribution in [0.2, 0.25) is 0 Å². The van der Waals surface area contributed by atoms with Gasteiger partial charge in [0.05, 0.1) is 0 Å². The molecule has 19 heavy (non-hydrogen) atoms. The Labute approximate surface area is 112 Å². The van der Waals surface area contributed by atoms with Crippen molar-refractivity contribution >= 4 is 17.0 Å². The molecular weight excluding hydrogens is 232 g/mol. The molecule has 0 spiro atoms. The van der Waals surface area contributed by atoms with Crippen LogP contribution in [0.5, 0.6) is 0 Å². The van der Waals surface area contributed by atoms with E-state index in [2.05, 4.69) is 70.3 Å². The van der Waals surface area contributed by atoms with Gasteiger partial charge in [-0.2, -0.15) is 0 Å². The topological polar surface area (TPSA) is 8.17 Å². The van der Waals surface area contributed by atoms with Crippen LogP contribution in [0.25, 0.3) is 17.0 Å². The summed E-state index contributed by atoms with van der Waals surface area (Å²) in [5.41, 5.74) is 3.99. The minimum absolute atomic E-state index is 0.934. The lowest BCUT2D eigenvalue weighted by molar-refractivity contribution is 0.444. The maximum absolute atomic E-state index is 2.38. The fourth-order valence-corrected chi connectivity index (χ4v) is 2.95. The monoisotopic (exact) mass is 248 g/mol. The lowest BCUT2D eigenvalue weighted by atomic mass is 10.1. The number of fused-ring (bicyclic) bond motifs is 5. The van der Waals surface area contributed by atoms with Gasteiger partial charge in [-0.3, -0.25) is 0 Å². The van der Waals surface area contributed by atoms with Gasteiger partial charge < -0.3 is 9.47 Å².